The first-order valence-corrected chi connectivity index (χ1v) is 11.0. The number of ether oxygens (including phenoxy) is 2. The summed E-state index contributed by atoms with van der Waals surface area (Å²) in [6.45, 7) is 7.42. The van der Waals surface area contributed by atoms with Crippen molar-refractivity contribution in [3.05, 3.63) is 0 Å². The van der Waals surface area contributed by atoms with Crippen LogP contribution < -0.4 is 0 Å². The zero-order valence-electron chi connectivity index (χ0n) is 17.7. The van der Waals surface area contributed by atoms with Crippen molar-refractivity contribution >= 4 is 17.7 Å². The molecule has 28 heavy (non-hydrogen) atoms. The molecule has 0 amide bonds. The topological polar surface area (TPSA) is 69.7 Å². The van der Waals surface area contributed by atoms with Crippen LogP contribution in [0, 0.1) is 34.5 Å². The average molecular weight is 391 g/mol. The highest BCUT2D eigenvalue weighted by Gasteiger charge is 2.64. The van der Waals surface area contributed by atoms with E-state index in [2.05, 4.69) is 13.8 Å². The molecule has 5 heteroatoms. The predicted molar refractivity (Wildman–Crippen MR) is 103 cm³/mol. The largest absolute Gasteiger partial charge is 0.463 e. The molecule has 4 rings (SSSR count). The first-order valence-electron chi connectivity index (χ1n) is 11.0. The van der Waals surface area contributed by atoms with Gasteiger partial charge in [0, 0.05) is 20.3 Å². The van der Waals surface area contributed by atoms with Crippen molar-refractivity contribution in [2.75, 3.05) is 0 Å². The van der Waals surface area contributed by atoms with Gasteiger partial charge in [-0.05, 0) is 81.0 Å². The van der Waals surface area contributed by atoms with Crippen LogP contribution in [0.25, 0.3) is 0 Å². The lowest BCUT2D eigenvalue weighted by Crippen LogP contribution is -2.59. The highest BCUT2D eigenvalue weighted by Crippen LogP contribution is 2.66. The number of carbonyl (C=O) groups is 3. The maximum Gasteiger partial charge on any atom is 0.302 e. The second-order valence-corrected chi connectivity index (χ2v) is 10.2. The Morgan fingerprint density at radius 1 is 0.929 bits per heavy atom. The average Bonchev–Trinajstić information content (AvgIpc) is 2.92. The van der Waals surface area contributed by atoms with Gasteiger partial charge in [0.2, 0.25) is 0 Å². The molecule has 0 bridgehead atoms. The predicted octanol–water partition coefficient (Wildman–Crippen LogP) is 4.07. The molecule has 4 aliphatic rings. The number of rotatable bonds is 2. The van der Waals surface area contributed by atoms with Crippen molar-refractivity contribution in [1.82, 2.24) is 0 Å². The lowest BCUT2D eigenvalue weighted by atomic mass is 9.44. The van der Waals surface area contributed by atoms with Crippen molar-refractivity contribution in [3.8, 4) is 0 Å². The van der Waals surface area contributed by atoms with Gasteiger partial charge in [0.1, 0.15) is 18.0 Å². The van der Waals surface area contributed by atoms with Gasteiger partial charge in [-0.15, -0.1) is 0 Å². The Bertz CT molecular complexity index is 686. The minimum Gasteiger partial charge on any atom is -0.463 e. The molecule has 0 spiro atoms. The Balaban J connectivity index is 1.62. The van der Waals surface area contributed by atoms with E-state index in [1.54, 1.807) is 0 Å². The molecule has 0 unspecified atom stereocenters. The van der Waals surface area contributed by atoms with Crippen LogP contribution in [0.4, 0.5) is 0 Å². The lowest BCUT2D eigenvalue weighted by Gasteiger charge is -2.61. The van der Waals surface area contributed by atoms with Crippen LogP contribution >= 0.6 is 0 Å². The summed E-state index contributed by atoms with van der Waals surface area (Å²) in [5.74, 6) is 1.69. The Morgan fingerprint density at radius 2 is 1.64 bits per heavy atom. The van der Waals surface area contributed by atoms with Crippen LogP contribution in [0.2, 0.25) is 0 Å². The minimum absolute atomic E-state index is 0.0401. The first kappa shape index (κ1) is 19.9. The highest BCUT2D eigenvalue weighted by atomic mass is 16.5. The van der Waals surface area contributed by atoms with Crippen molar-refractivity contribution in [2.45, 2.75) is 91.3 Å². The molecular formula is C23H34O5. The van der Waals surface area contributed by atoms with E-state index in [-0.39, 0.29) is 35.3 Å². The maximum atomic E-state index is 12.9. The SMILES string of the molecule is CC(=O)O[C@@H]1CC[C@@]2(C)[C@H](CC[C@@H]3[C@@H]2C[C@H](OC(C)=O)[C@]2(C)C(=O)CC[C@@H]32)C1. The van der Waals surface area contributed by atoms with Crippen LogP contribution in [0.5, 0.6) is 0 Å². The van der Waals surface area contributed by atoms with E-state index in [9.17, 15) is 14.4 Å². The third-order valence-corrected chi connectivity index (χ3v) is 9.05. The number of esters is 2. The number of ketones is 1. The summed E-state index contributed by atoms with van der Waals surface area (Å²) in [6.07, 6.45) is 7.28. The summed E-state index contributed by atoms with van der Waals surface area (Å²) in [5.41, 5.74) is -0.337. The van der Waals surface area contributed by atoms with Gasteiger partial charge in [-0.1, -0.05) is 6.92 Å². The molecule has 0 aromatic rings. The monoisotopic (exact) mass is 390 g/mol. The van der Waals surface area contributed by atoms with Crippen LogP contribution in [-0.2, 0) is 23.9 Å². The quantitative estimate of drug-likeness (QED) is 0.665. The van der Waals surface area contributed by atoms with E-state index in [1.807, 2.05) is 0 Å². The molecule has 156 valence electrons. The first-order chi connectivity index (χ1) is 13.2. The summed E-state index contributed by atoms with van der Waals surface area (Å²) < 4.78 is 11.3. The summed E-state index contributed by atoms with van der Waals surface area (Å²) in [4.78, 5) is 36.1. The van der Waals surface area contributed by atoms with Crippen LogP contribution in [0.3, 0.4) is 0 Å². The van der Waals surface area contributed by atoms with Gasteiger partial charge in [-0.25, -0.2) is 0 Å². The summed E-state index contributed by atoms with van der Waals surface area (Å²) in [5, 5.41) is 0. The Morgan fingerprint density at radius 3 is 2.32 bits per heavy atom. The van der Waals surface area contributed by atoms with E-state index in [0.29, 0.717) is 30.1 Å². The van der Waals surface area contributed by atoms with Crippen LogP contribution in [-0.4, -0.2) is 29.9 Å². The molecule has 0 saturated heterocycles. The molecule has 0 heterocycles. The number of Topliss-reactive ketones (excluding diaryl/α,β-unsaturated/α-hetero) is 1. The van der Waals surface area contributed by atoms with Gasteiger partial charge in [0.25, 0.3) is 0 Å². The second kappa shape index (κ2) is 6.84. The zero-order valence-corrected chi connectivity index (χ0v) is 17.7. The van der Waals surface area contributed by atoms with Crippen LogP contribution in [0.15, 0.2) is 0 Å². The Labute approximate surface area is 167 Å². The third-order valence-electron chi connectivity index (χ3n) is 9.05. The smallest absolute Gasteiger partial charge is 0.302 e. The minimum atomic E-state index is -0.509. The fraction of sp³-hybridized carbons (Fsp3) is 0.870. The van der Waals surface area contributed by atoms with Crippen molar-refractivity contribution in [3.63, 3.8) is 0 Å². The highest BCUT2D eigenvalue weighted by molar-refractivity contribution is 5.88. The molecule has 0 aliphatic heterocycles. The van der Waals surface area contributed by atoms with E-state index < -0.39 is 5.41 Å². The number of fused-ring (bicyclic) bond motifs is 5. The molecule has 0 radical (unpaired) electrons. The van der Waals surface area contributed by atoms with Crippen LogP contribution in [0.1, 0.15) is 79.1 Å². The third kappa shape index (κ3) is 2.91. The van der Waals surface area contributed by atoms with E-state index in [1.165, 1.54) is 13.8 Å². The van der Waals surface area contributed by atoms with Gasteiger partial charge < -0.3 is 9.47 Å². The van der Waals surface area contributed by atoms with Gasteiger partial charge >= 0.3 is 11.9 Å². The molecule has 4 aliphatic carbocycles. The zero-order chi connectivity index (χ0) is 20.3. The van der Waals surface area contributed by atoms with E-state index in [0.717, 1.165) is 44.9 Å². The molecule has 4 saturated carbocycles. The van der Waals surface area contributed by atoms with E-state index in [4.69, 9.17) is 9.47 Å². The lowest BCUT2D eigenvalue weighted by molar-refractivity contribution is -0.189. The van der Waals surface area contributed by atoms with Gasteiger partial charge in [-0.3, -0.25) is 14.4 Å². The van der Waals surface area contributed by atoms with Gasteiger partial charge in [-0.2, -0.15) is 0 Å². The normalized spacial score (nSPS) is 47.5. The van der Waals surface area contributed by atoms with Gasteiger partial charge in [0.15, 0.2) is 0 Å². The fourth-order valence-corrected chi connectivity index (χ4v) is 7.65. The van der Waals surface area contributed by atoms with Crippen molar-refractivity contribution in [2.24, 2.45) is 34.5 Å². The molecule has 0 aromatic heterocycles. The Kier molecular flexibility index (Phi) is 4.86. The molecule has 5 nitrogen and oxygen atoms in total. The van der Waals surface area contributed by atoms with Gasteiger partial charge in [0.05, 0.1) is 5.41 Å². The molecule has 8 atom stereocenters. The second-order valence-electron chi connectivity index (χ2n) is 10.2. The van der Waals surface area contributed by atoms with E-state index >= 15 is 0 Å². The molecule has 0 N–H and O–H groups in total. The molecule has 4 fully saturated rings. The molecule has 0 aromatic carbocycles. The number of hydrogen-bond donors (Lipinski definition) is 0. The number of carbonyl (C=O) groups excluding carboxylic acids is 3. The Hall–Kier alpha value is -1.39. The fourth-order valence-electron chi connectivity index (χ4n) is 7.65. The summed E-state index contributed by atoms with van der Waals surface area (Å²) in [7, 11) is 0. The molecular weight excluding hydrogens is 356 g/mol. The standard InChI is InChI=1S/C23H34O5/c1-13(24)27-16-9-10-22(3)15(11-16)5-6-17-18-7-8-20(26)23(18,4)21(12-19(17)22)28-14(2)25/h15-19,21H,5-12H2,1-4H3/t15-,16-,17+,18+,19+,21+,22+,23+/m1/s1. The summed E-state index contributed by atoms with van der Waals surface area (Å²) >= 11 is 0. The summed E-state index contributed by atoms with van der Waals surface area (Å²) in [6, 6.07) is 0. The number of hydrogen-bond acceptors (Lipinski definition) is 5. The van der Waals surface area contributed by atoms with Crippen molar-refractivity contribution in [1.29, 1.82) is 0 Å². The van der Waals surface area contributed by atoms with Crippen molar-refractivity contribution < 1.29 is 23.9 Å². The maximum absolute atomic E-state index is 12.9.